The maximum absolute atomic E-state index is 10.9. The summed E-state index contributed by atoms with van der Waals surface area (Å²) in [6, 6.07) is 0. The molecule has 0 aromatic carbocycles. The Morgan fingerprint density at radius 2 is 1.52 bits per heavy atom. The van der Waals surface area contributed by atoms with Crippen LogP contribution in [0.2, 0.25) is 18.1 Å². The van der Waals surface area contributed by atoms with Crippen molar-refractivity contribution in [2.75, 3.05) is 7.11 Å². The second-order valence-corrected chi connectivity index (χ2v) is 11.9. The molecule has 0 heterocycles. The Morgan fingerprint density at radius 1 is 1.07 bits per heavy atom. The fraction of sp³-hybridized carbons (Fsp3) is 0.600. The molecule has 0 fully saturated rings. The monoisotopic (exact) mass is 468 g/mol. The van der Waals surface area contributed by atoms with E-state index in [2.05, 4.69) is 65.5 Å². The number of esters is 1. The summed E-state index contributed by atoms with van der Waals surface area (Å²) in [6.07, 6.45) is 7.23. The Labute approximate surface area is 186 Å². The molecule has 0 aromatic heterocycles. The van der Waals surface area contributed by atoms with E-state index in [1.165, 1.54) is 13.2 Å². The van der Waals surface area contributed by atoms with Gasteiger partial charge >= 0.3 is 39.9 Å². The van der Waals surface area contributed by atoms with Gasteiger partial charge in [0.2, 0.25) is 0 Å². The van der Waals surface area contributed by atoms with E-state index in [0.29, 0.717) is 6.42 Å². The number of rotatable bonds is 8. The second kappa shape index (κ2) is 23.1. The number of aliphatic hydroxyl groups is 1. The predicted molar refractivity (Wildman–Crippen MR) is 105 cm³/mol. The molecule has 2 atom stereocenters. The van der Waals surface area contributed by atoms with Gasteiger partial charge in [-0.25, -0.2) is 4.79 Å². The summed E-state index contributed by atoms with van der Waals surface area (Å²) in [7, 11) is -0.422. The molecule has 29 heavy (non-hydrogen) atoms. The number of hydrogen-bond donors (Lipinski definition) is 1. The van der Waals surface area contributed by atoms with Crippen LogP contribution < -0.4 is 0 Å². The van der Waals surface area contributed by atoms with Gasteiger partial charge in [-0.05, 0) is 37.9 Å². The molecule has 0 aliphatic rings. The van der Waals surface area contributed by atoms with E-state index in [0.717, 1.165) is 6.42 Å². The molecule has 1 N–H and O–H groups in total. The van der Waals surface area contributed by atoms with Crippen LogP contribution >= 0.6 is 0 Å². The van der Waals surface area contributed by atoms with Gasteiger partial charge in [-0.2, -0.15) is 0 Å². The van der Waals surface area contributed by atoms with Crippen molar-refractivity contribution in [3.05, 3.63) is 44.3 Å². The van der Waals surface area contributed by atoms with Gasteiger partial charge in [-0.3, -0.25) is 0 Å². The Bertz CT molecular complexity index is 503. The van der Waals surface area contributed by atoms with Gasteiger partial charge in [0.15, 0.2) is 8.32 Å². The smallest absolute Gasteiger partial charge is 0 e. The Kier molecular flexibility index (Phi) is 30.6. The fourth-order valence-electron chi connectivity index (χ4n) is 1.63. The first-order chi connectivity index (χ1) is 13.0. The van der Waals surface area contributed by atoms with E-state index in [-0.39, 0.29) is 28.2 Å². The van der Waals surface area contributed by atoms with E-state index >= 15 is 0 Å². The van der Waals surface area contributed by atoms with Crippen LogP contribution in [0.25, 0.3) is 0 Å². The Morgan fingerprint density at radius 3 is 1.90 bits per heavy atom. The first-order valence-corrected chi connectivity index (χ1v) is 11.3. The third-order valence-corrected chi connectivity index (χ3v) is 8.65. The van der Waals surface area contributed by atoms with E-state index < -0.39 is 20.4 Å². The van der Waals surface area contributed by atoms with Crippen molar-refractivity contribution in [1.29, 1.82) is 0 Å². The number of carbonyl (C=O) groups is 1. The molecule has 0 unspecified atom stereocenters. The molecular formula is C20H32FeO7Si. The maximum atomic E-state index is 10.9. The molecule has 0 spiro atoms. The normalized spacial score (nSPS) is 12.5. The summed E-state index contributed by atoms with van der Waals surface area (Å²) >= 11 is 0. The quantitative estimate of drug-likeness (QED) is 0.146. The number of hydrogen-bond acceptors (Lipinski definition) is 4. The standard InChI is InChI=1S/C17H32O4Si.3CO.Fe/c1-14(21-22(6,7)17(2,3)4)12-13-15(18)10-8-9-11-16(19)20-5;3*1-2;/h8-11,14-15,18H,12-13H2,1-7H3;;;;/b10-8+,11-9+;;;;/t14-,15+;;;;/m1..../s1. The summed E-state index contributed by atoms with van der Waals surface area (Å²) in [5.74, 6) is -0.407. The molecule has 166 valence electrons. The van der Waals surface area contributed by atoms with E-state index in [1.54, 1.807) is 18.2 Å². The maximum Gasteiger partial charge on any atom is 0 e. The molecule has 0 saturated heterocycles. The van der Waals surface area contributed by atoms with E-state index in [1.807, 2.05) is 0 Å². The van der Waals surface area contributed by atoms with Crippen LogP contribution in [0.4, 0.5) is 0 Å². The summed E-state index contributed by atoms with van der Waals surface area (Å²) in [4.78, 5) is 10.9. The van der Waals surface area contributed by atoms with Gasteiger partial charge in [0.25, 0.3) is 0 Å². The van der Waals surface area contributed by atoms with Crippen molar-refractivity contribution in [1.82, 2.24) is 0 Å². The zero-order valence-corrected chi connectivity index (χ0v) is 20.2. The predicted octanol–water partition coefficient (Wildman–Crippen LogP) is 3.71. The third kappa shape index (κ3) is 23.0. The summed E-state index contributed by atoms with van der Waals surface area (Å²) in [5.41, 5.74) is 0. The number of allylic oxidation sites excluding steroid dienone is 2. The van der Waals surface area contributed by atoms with Gasteiger partial charge in [-0.15, -0.1) is 0 Å². The zero-order chi connectivity index (χ0) is 23.4. The van der Waals surface area contributed by atoms with E-state index in [9.17, 15) is 9.90 Å². The third-order valence-electron chi connectivity index (χ3n) is 4.05. The van der Waals surface area contributed by atoms with Crippen molar-refractivity contribution < 1.29 is 50.1 Å². The van der Waals surface area contributed by atoms with E-state index in [4.69, 9.17) is 18.4 Å². The van der Waals surface area contributed by atoms with Crippen LogP contribution in [0, 0.1) is 20.0 Å². The van der Waals surface area contributed by atoms with Gasteiger partial charge in [0.1, 0.15) is 0 Å². The zero-order valence-electron chi connectivity index (χ0n) is 18.1. The van der Waals surface area contributed by atoms with Gasteiger partial charge < -0.3 is 14.3 Å². The molecule has 0 amide bonds. The topological polar surface area (TPSA) is 115 Å². The number of carbonyl (C=O) groups excluding carboxylic acids is 1. The minimum atomic E-state index is -1.75. The number of aliphatic hydroxyl groups excluding tert-OH is 1. The minimum Gasteiger partial charge on any atom is 0 e. The van der Waals surface area contributed by atoms with Crippen LogP contribution in [-0.2, 0) is 45.0 Å². The average molecular weight is 468 g/mol. The van der Waals surface area contributed by atoms with Crippen molar-refractivity contribution >= 4 is 14.3 Å². The van der Waals surface area contributed by atoms with Crippen LogP contribution in [0.1, 0.15) is 40.5 Å². The van der Waals surface area contributed by atoms with Gasteiger partial charge in [0.05, 0.1) is 13.2 Å². The molecular weight excluding hydrogens is 436 g/mol. The molecule has 0 bridgehead atoms. The Hall–Kier alpha value is -1.17. The SMILES string of the molecule is COC(=O)/C=C/C=C/[C@H](O)CC[C@@H](C)O[Si](C)(C)C(C)(C)C.[C-]#[O+].[C-]#[O+].[C-]#[O+].[Fe]. The number of methoxy groups -OCH3 is 1. The van der Waals surface area contributed by atoms with Crippen LogP contribution in [0.5, 0.6) is 0 Å². The van der Waals surface area contributed by atoms with Crippen molar-refractivity contribution in [3.63, 3.8) is 0 Å². The average Bonchev–Trinajstić information content (AvgIpc) is 2.67. The van der Waals surface area contributed by atoms with Crippen molar-refractivity contribution in [2.45, 2.75) is 70.9 Å². The van der Waals surface area contributed by atoms with Gasteiger partial charge in [-0.1, -0.05) is 39.0 Å². The minimum absolute atomic E-state index is 0. The summed E-state index contributed by atoms with van der Waals surface area (Å²) in [6.45, 7) is 26.7. The summed E-state index contributed by atoms with van der Waals surface area (Å²) in [5, 5.41) is 10.1. The molecule has 0 radical (unpaired) electrons. The molecule has 0 aliphatic heterocycles. The molecule has 0 aromatic rings. The molecule has 9 heteroatoms. The van der Waals surface area contributed by atoms with Crippen LogP contribution in [-0.4, -0.2) is 38.7 Å². The first kappa shape index (κ1) is 38.4. The Balaban J connectivity index is -0.000000249. The largest absolute Gasteiger partial charge is 0 e. The number of ether oxygens (including phenoxy) is 1. The molecule has 0 rings (SSSR count). The van der Waals surface area contributed by atoms with Crippen molar-refractivity contribution in [2.24, 2.45) is 0 Å². The fourth-order valence-corrected chi connectivity index (χ4v) is 3.11. The first-order valence-electron chi connectivity index (χ1n) is 8.39. The molecule has 0 aliphatic carbocycles. The van der Waals surface area contributed by atoms with Crippen LogP contribution in [0.3, 0.4) is 0 Å². The molecule has 7 nitrogen and oxygen atoms in total. The molecule has 0 saturated carbocycles. The van der Waals surface area contributed by atoms with Gasteiger partial charge in [0, 0.05) is 29.2 Å². The summed E-state index contributed by atoms with van der Waals surface area (Å²) < 4.78 is 33.2. The second-order valence-electron chi connectivity index (χ2n) is 7.10. The van der Waals surface area contributed by atoms with Crippen LogP contribution in [0.15, 0.2) is 24.3 Å². The van der Waals surface area contributed by atoms with Crippen molar-refractivity contribution in [3.8, 4) is 0 Å².